The quantitative estimate of drug-likeness (QED) is 0.610. The number of halogens is 1. The Morgan fingerprint density at radius 2 is 1.85 bits per heavy atom. The van der Waals surface area contributed by atoms with Gasteiger partial charge in [0, 0.05) is 28.1 Å². The van der Waals surface area contributed by atoms with Crippen LogP contribution in [0.4, 0.5) is 0 Å². The molecule has 26 heavy (non-hydrogen) atoms. The molecule has 0 saturated heterocycles. The van der Waals surface area contributed by atoms with Gasteiger partial charge in [0.1, 0.15) is 5.75 Å². The van der Waals surface area contributed by atoms with Crippen LogP contribution in [0, 0.1) is 0 Å². The number of rotatable bonds is 6. The summed E-state index contributed by atoms with van der Waals surface area (Å²) < 4.78 is 8.01. The summed E-state index contributed by atoms with van der Waals surface area (Å²) in [6.45, 7) is 1.42. The van der Waals surface area contributed by atoms with Crippen molar-refractivity contribution in [3.05, 3.63) is 82.6 Å². The molecule has 0 bridgehead atoms. The summed E-state index contributed by atoms with van der Waals surface area (Å²) in [4.78, 5) is 24.0. The number of benzene rings is 2. The van der Waals surface area contributed by atoms with Gasteiger partial charge in [-0.2, -0.15) is 0 Å². The average molecular weight is 414 g/mol. The number of ether oxygens (including phenoxy) is 1. The molecule has 0 amide bonds. The zero-order valence-corrected chi connectivity index (χ0v) is 15.5. The number of ketones is 1. The molecule has 132 valence electrons. The lowest BCUT2D eigenvalue weighted by Crippen LogP contribution is -2.23. The van der Waals surface area contributed by atoms with E-state index in [1.807, 2.05) is 34.9 Å². The molecule has 6 heteroatoms. The third kappa shape index (κ3) is 3.86. The van der Waals surface area contributed by atoms with Crippen molar-refractivity contribution in [1.29, 1.82) is 0 Å². The van der Waals surface area contributed by atoms with E-state index in [0.29, 0.717) is 15.6 Å². The number of hydrogen-bond donors (Lipinski definition) is 1. The highest BCUT2D eigenvalue weighted by atomic mass is 79.9. The summed E-state index contributed by atoms with van der Waals surface area (Å²) in [5.41, 5.74) is 1.73. The summed E-state index contributed by atoms with van der Waals surface area (Å²) in [5, 5.41) is 9.05. The van der Waals surface area contributed by atoms with E-state index in [-0.39, 0.29) is 11.5 Å². The number of hydrogen-bond acceptors (Lipinski definition) is 3. The smallest absolute Gasteiger partial charge is 0.344 e. The van der Waals surface area contributed by atoms with Crippen LogP contribution < -0.4 is 4.74 Å². The van der Waals surface area contributed by atoms with Crippen molar-refractivity contribution in [3.63, 3.8) is 0 Å². The summed E-state index contributed by atoms with van der Waals surface area (Å²) in [6.07, 6.45) is 2.49. The van der Waals surface area contributed by atoms with Crippen LogP contribution in [0.2, 0.25) is 0 Å². The molecule has 1 aromatic heterocycles. The SMILES string of the molecule is CC(Oc1ccc(Br)cc1C(=O)c1ccn(-c2ccccc2)c1)C(=O)O. The monoisotopic (exact) mass is 413 g/mol. The summed E-state index contributed by atoms with van der Waals surface area (Å²) in [7, 11) is 0. The van der Waals surface area contributed by atoms with Crippen molar-refractivity contribution in [2.75, 3.05) is 0 Å². The molecule has 3 aromatic rings. The van der Waals surface area contributed by atoms with Crippen molar-refractivity contribution in [2.45, 2.75) is 13.0 Å². The van der Waals surface area contributed by atoms with Crippen LogP contribution in [-0.4, -0.2) is 27.5 Å². The van der Waals surface area contributed by atoms with Gasteiger partial charge in [-0.3, -0.25) is 4.79 Å². The third-order valence-corrected chi connectivity index (χ3v) is 4.34. The lowest BCUT2D eigenvalue weighted by Gasteiger charge is -2.14. The van der Waals surface area contributed by atoms with Crippen LogP contribution in [0.25, 0.3) is 5.69 Å². The number of carboxylic acids is 1. The van der Waals surface area contributed by atoms with E-state index in [0.717, 1.165) is 5.69 Å². The Morgan fingerprint density at radius 1 is 1.12 bits per heavy atom. The highest BCUT2D eigenvalue weighted by molar-refractivity contribution is 9.10. The highest BCUT2D eigenvalue weighted by Crippen LogP contribution is 2.27. The van der Waals surface area contributed by atoms with Gasteiger partial charge in [0.05, 0.1) is 5.56 Å². The predicted octanol–water partition coefficient (Wildman–Crippen LogP) is 4.32. The lowest BCUT2D eigenvalue weighted by molar-refractivity contribution is -0.144. The van der Waals surface area contributed by atoms with E-state index in [1.54, 1.807) is 36.7 Å². The van der Waals surface area contributed by atoms with Crippen LogP contribution in [0.1, 0.15) is 22.8 Å². The largest absolute Gasteiger partial charge is 0.479 e. The molecule has 1 heterocycles. The van der Waals surface area contributed by atoms with Crippen molar-refractivity contribution in [1.82, 2.24) is 4.57 Å². The second kappa shape index (κ2) is 7.58. The topological polar surface area (TPSA) is 68.5 Å². The van der Waals surface area contributed by atoms with E-state index in [1.165, 1.54) is 6.92 Å². The minimum Gasteiger partial charge on any atom is -0.479 e. The Labute approximate surface area is 159 Å². The summed E-state index contributed by atoms with van der Waals surface area (Å²) >= 11 is 3.34. The van der Waals surface area contributed by atoms with Crippen molar-refractivity contribution in [2.24, 2.45) is 0 Å². The second-order valence-electron chi connectivity index (χ2n) is 5.71. The van der Waals surface area contributed by atoms with Gasteiger partial charge < -0.3 is 14.4 Å². The van der Waals surface area contributed by atoms with Crippen LogP contribution in [0.5, 0.6) is 5.75 Å². The maximum atomic E-state index is 13.0. The number of para-hydroxylation sites is 1. The van der Waals surface area contributed by atoms with Crippen molar-refractivity contribution < 1.29 is 19.4 Å². The van der Waals surface area contributed by atoms with Gasteiger partial charge in [0.25, 0.3) is 0 Å². The number of carbonyl (C=O) groups is 2. The Bertz CT molecular complexity index is 949. The number of carboxylic acid groups (broad SMARTS) is 1. The molecule has 0 radical (unpaired) electrons. The summed E-state index contributed by atoms with van der Waals surface area (Å²) in [6, 6.07) is 16.3. The first-order valence-electron chi connectivity index (χ1n) is 7.93. The van der Waals surface area contributed by atoms with E-state index in [9.17, 15) is 9.59 Å². The first-order chi connectivity index (χ1) is 12.5. The van der Waals surface area contributed by atoms with E-state index >= 15 is 0 Å². The average Bonchev–Trinajstić information content (AvgIpc) is 3.13. The zero-order valence-electron chi connectivity index (χ0n) is 13.9. The molecule has 0 aliphatic carbocycles. The van der Waals surface area contributed by atoms with Gasteiger partial charge in [0.2, 0.25) is 0 Å². The maximum Gasteiger partial charge on any atom is 0.344 e. The van der Waals surface area contributed by atoms with E-state index in [4.69, 9.17) is 9.84 Å². The normalized spacial score (nSPS) is 11.8. The van der Waals surface area contributed by atoms with Gasteiger partial charge in [-0.25, -0.2) is 4.79 Å². The first-order valence-corrected chi connectivity index (χ1v) is 8.72. The Balaban J connectivity index is 1.94. The van der Waals surface area contributed by atoms with Crippen LogP contribution in [0.3, 0.4) is 0 Å². The molecule has 1 unspecified atom stereocenters. The second-order valence-corrected chi connectivity index (χ2v) is 6.63. The van der Waals surface area contributed by atoms with Crippen LogP contribution in [0.15, 0.2) is 71.5 Å². The molecule has 0 saturated carbocycles. The Kier molecular flexibility index (Phi) is 5.23. The standard InChI is InChI=1S/C20H16BrNO4/c1-13(20(24)25)26-18-8-7-15(21)11-17(18)19(23)14-9-10-22(12-14)16-5-3-2-4-6-16/h2-13H,1H3,(H,24,25). The molecule has 5 nitrogen and oxygen atoms in total. The molecule has 1 N–H and O–H groups in total. The fourth-order valence-electron chi connectivity index (χ4n) is 2.47. The van der Waals surface area contributed by atoms with Crippen LogP contribution in [-0.2, 0) is 4.79 Å². The van der Waals surface area contributed by atoms with Crippen molar-refractivity contribution in [3.8, 4) is 11.4 Å². The number of aliphatic carboxylic acids is 1. The molecule has 0 spiro atoms. The molecule has 0 fully saturated rings. The Morgan fingerprint density at radius 3 is 2.54 bits per heavy atom. The Hall–Kier alpha value is -2.86. The van der Waals surface area contributed by atoms with Gasteiger partial charge >= 0.3 is 5.97 Å². The van der Waals surface area contributed by atoms with E-state index < -0.39 is 12.1 Å². The highest BCUT2D eigenvalue weighted by Gasteiger charge is 2.20. The molecule has 2 aromatic carbocycles. The fourth-order valence-corrected chi connectivity index (χ4v) is 2.83. The van der Waals surface area contributed by atoms with Gasteiger partial charge in [-0.1, -0.05) is 34.1 Å². The predicted molar refractivity (Wildman–Crippen MR) is 101 cm³/mol. The van der Waals surface area contributed by atoms with Crippen molar-refractivity contribution >= 4 is 27.7 Å². The molecule has 0 aliphatic heterocycles. The third-order valence-electron chi connectivity index (χ3n) is 3.85. The minimum atomic E-state index is -1.10. The lowest BCUT2D eigenvalue weighted by atomic mass is 10.1. The molecule has 0 aliphatic rings. The molecule has 3 rings (SSSR count). The first kappa shape index (κ1) is 17.9. The van der Waals surface area contributed by atoms with Gasteiger partial charge in [-0.05, 0) is 43.3 Å². The van der Waals surface area contributed by atoms with Gasteiger partial charge in [0.15, 0.2) is 11.9 Å². The zero-order chi connectivity index (χ0) is 18.7. The summed E-state index contributed by atoms with van der Waals surface area (Å²) in [5.74, 6) is -1.10. The van der Waals surface area contributed by atoms with Crippen LogP contribution >= 0.6 is 15.9 Å². The minimum absolute atomic E-state index is 0.237. The number of carbonyl (C=O) groups excluding carboxylic acids is 1. The number of aromatic nitrogens is 1. The number of nitrogens with zero attached hydrogens (tertiary/aromatic N) is 1. The molecular weight excluding hydrogens is 398 g/mol. The molecule has 1 atom stereocenters. The van der Waals surface area contributed by atoms with E-state index in [2.05, 4.69) is 15.9 Å². The maximum absolute atomic E-state index is 13.0. The molecular formula is C20H16BrNO4. The van der Waals surface area contributed by atoms with Gasteiger partial charge in [-0.15, -0.1) is 0 Å². The fraction of sp³-hybridized carbons (Fsp3) is 0.100.